The van der Waals surface area contributed by atoms with Crippen LogP contribution in [0.15, 0.2) is 60.0 Å². The summed E-state index contributed by atoms with van der Waals surface area (Å²) in [5.41, 5.74) is 5.44. The van der Waals surface area contributed by atoms with Gasteiger partial charge in [-0.1, -0.05) is 74.9 Å². The number of amides is 1. The SMILES string of the molecule is CCOC(=O)c1c(-c2ccc(C)cc2)csc1NC(=O)/C=C/c1ccc(C(C)(C)C)cc1. The summed E-state index contributed by atoms with van der Waals surface area (Å²) in [5, 5.41) is 5.21. The molecule has 0 radical (unpaired) electrons. The standard InChI is InChI=1S/C27H29NO3S/c1-6-31-26(30)24-22(20-12-7-18(2)8-13-20)17-32-25(24)28-23(29)16-11-19-9-14-21(15-10-19)27(3,4)5/h7-17H,6H2,1-5H3,(H,28,29)/b16-11+. The van der Waals surface area contributed by atoms with Gasteiger partial charge in [0.15, 0.2) is 0 Å². The van der Waals surface area contributed by atoms with E-state index in [0.717, 1.165) is 22.3 Å². The van der Waals surface area contributed by atoms with Crippen molar-refractivity contribution in [3.63, 3.8) is 0 Å². The maximum absolute atomic E-state index is 12.7. The number of aryl methyl sites for hydroxylation is 1. The van der Waals surface area contributed by atoms with Crippen molar-refractivity contribution in [1.82, 2.24) is 0 Å². The molecule has 1 heterocycles. The Morgan fingerprint density at radius 3 is 2.28 bits per heavy atom. The van der Waals surface area contributed by atoms with Crippen molar-refractivity contribution in [3.05, 3.63) is 82.2 Å². The van der Waals surface area contributed by atoms with E-state index < -0.39 is 5.97 Å². The van der Waals surface area contributed by atoms with Gasteiger partial charge >= 0.3 is 5.97 Å². The van der Waals surface area contributed by atoms with E-state index in [2.05, 4.69) is 38.2 Å². The second kappa shape index (κ2) is 9.96. The molecule has 0 aliphatic carbocycles. The third kappa shape index (κ3) is 5.74. The summed E-state index contributed by atoms with van der Waals surface area (Å²) in [6, 6.07) is 16.1. The van der Waals surface area contributed by atoms with Crippen LogP contribution in [0.1, 0.15) is 54.7 Å². The molecule has 0 fully saturated rings. The fourth-order valence-electron chi connectivity index (χ4n) is 3.22. The van der Waals surface area contributed by atoms with Crippen molar-refractivity contribution >= 4 is 34.3 Å². The number of carbonyl (C=O) groups is 2. The number of carbonyl (C=O) groups excluding carboxylic acids is 2. The molecule has 0 bridgehead atoms. The first kappa shape index (κ1) is 23.5. The van der Waals surface area contributed by atoms with Gasteiger partial charge in [-0.05, 0) is 42.0 Å². The Kier molecular flexibility index (Phi) is 7.31. The first-order chi connectivity index (χ1) is 15.2. The number of esters is 1. The average Bonchev–Trinajstić information content (AvgIpc) is 3.16. The molecule has 0 unspecified atom stereocenters. The van der Waals surface area contributed by atoms with Crippen LogP contribution in [-0.4, -0.2) is 18.5 Å². The van der Waals surface area contributed by atoms with Crippen molar-refractivity contribution in [3.8, 4) is 11.1 Å². The van der Waals surface area contributed by atoms with Gasteiger partial charge in [-0.3, -0.25) is 4.79 Å². The fraction of sp³-hybridized carbons (Fsp3) is 0.259. The van der Waals surface area contributed by atoms with Gasteiger partial charge in [0.05, 0.1) is 6.61 Å². The number of benzene rings is 2. The topological polar surface area (TPSA) is 55.4 Å². The van der Waals surface area contributed by atoms with Crippen LogP contribution in [0.25, 0.3) is 17.2 Å². The number of ether oxygens (including phenoxy) is 1. The minimum atomic E-state index is -0.443. The molecule has 0 saturated heterocycles. The molecular weight excluding hydrogens is 418 g/mol. The summed E-state index contributed by atoms with van der Waals surface area (Å²) in [4.78, 5) is 25.3. The maximum atomic E-state index is 12.7. The first-order valence-corrected chi connectivity index (χ1v) is 11.5. The van der Waals surface area contributed by atoms with Crippen molar-refractivity contribution < 1.29 is 14.3 Å². The predicted molar refractivity (Wildman–Crippen MR) is 133 cm³/mol. The molecule has 0 aliphatic rings. The second-order valence-electron chi connectivity index (χ2n) is 8.63. The van der Waals surface area contributed by atoms with Gasteiger partial charge in [0.25, 0.3) is 0 Å². The lowest BCUT2D eigenvalue weighted by molar-refractivity contribution is -0.111. The molecule has 0 saturated carbocycles. The number of hydrogen-bond donors (Lipinski definition) is 1. The lowest BCUT2D eigenvalue weighted by Crippen LogP contribution is -2.12. The number of anilines is 1. The molecular formula is C27H29NO3S. The molecule has 3 aromatic rings. The van der Waals surface area contributed by atoms with Gasteiger partial charge in [0, 0.05) is 17.0 Å². The van der Waals surface area contributed by atoms with Gasteiger partial charge < -0.3 is 10.1 Å². The largest absolute Gasteiger partial charge is 0.462 e. The monoisotopic (exact) mass is 447 g/mol. The molecule has 5 heteroatoms. The predicted octanol–water partition coefficient (Wildman–Crippen LogP) is 6.85. The molecule has 1 amide bonds. The van der Waals surface area contributed by atoms with Crippen LogP contribution in [0.5, 0.6) is 0 Å². The van der Waals surface area contributed by atoms with Crippen molar-refractivity contribution in [2.75, 3.05) is 11.9 Å². The van der Waals surface area contributed by atoms with E-state index in [-0.39, 0.29) is 17.9 Å². The van der Waals surface area contributed by atoms with E-state index in [0.29, 0.717) is 10.6 Å². The van der Waals surface area contributed by atoms with Gasteiger partial charge in [-0.2, -0.15) is 0 Å². The third-order valence-corrected chi connectivity index (χ3v) is 5.97. The van der Waals surface area contributed by atoms with E-state index >= 15 is 0 Å². The Bertz CT molecular complexity index is 1120. The minimum absolute atomic E-state index is 0.0808. The second-order valence-corrected chi connectivity index (χ2v) is 9.51. The zero-order valence-corrected chi connectivity index (χ0v) is 20.0. The Morgan fingerprint density at radius 2 is 1.69 bits per heavy atom. The number of nitrogens with one attached hydrogen (secondary N) is 1. The van der Waals surface area contributed by atoms with Crippen LogP contribution in [0.3, 0.4) is 0 Å². The van der Waals surface area contributed by atoms with Gasteiger partial charge in [-0.25, -0.2) is 4.79 Å². The average molecular weight is 448 g/mol. The highest BCUT2D eigenvalue weighted by atomic mass is 32.1. The van der Waals surface area contributed by atoms with E-state index in [4.69, 9.17) is 4.74 Å². The van der Waals surface area contributed by atoms with E-state index in [1.165, 1.54) is 23.0 Å². The molecule has 4 nitrogen and oxygen atoms in total. The quantitative estimate of drug-likeness (QED) is 0.332. The summed E-state index contributed by atoms with van der Waals surface area (Å²) in [5.74, 6) is -0.742. The molecule has 1 aromatic heterocycles. The van der Waals surface area contributed by atoms with Crippen molar-refractivity contribution in [1.29, 1.82) is 0 Å². The molecule has 2 aromatic carbocycles. The summed E-state index contributed by atoms with van der Waals surface area (Å²) < 4.78 is 5.26. The van der Waals surface area contributed by atoms with Crippen LogP contribution in [-0.2, 0) is 14.9 Å². The highest BCUT2D eigenvalue weighted by Gasteiger charge is 2.22. The Morgan fingerprint density at radius 1 is 1.03 bits per heavy atom. The Balaban J connectivity index is 1.81. The molecule has 0 aliphatic heterocycles. The van der Waals surface area contributed by atoms with Crippen LogP contribution in [0.2, 0.25) is 0 Å². The lowest BCUT2D eigenvalue weighted by atomic mass is 9.87. The highest BCUT2D eigenvalue weighted by molar-refractivity contribution is 7.15. The first-order valence-electron chi connectivity index (χ1n) is 10.6. The van der Waals surface area contributed by atoms with Crippen LogP contribution >= 0.6 is 11.3 Å². The maximum Gasteiger partial charge on any atom is 0.341 e. The molecule has 1 N–H and O–H groups in total. The van der Waals surface area contributed by atoms with Crippen molar-refractivity contribution in [2.24, 2.45) is 0 Å². The summed E-state index contributed by atoms with van der Waals surface area (Å²) in [7, 11) is 0. The number of hydrogen-bond acceptors (Lipinski definition) is 4. The van der Waals surface area contributed by atoms with Crippen LogP contribution in [0.4, 0.5) is 5.00 Å². The molecule has 32 heavy (non-hydrogen) atoms. The van der Waals surface area contributed by atoms with E-state index in [9.17, 15) is 9.59 Å². The Labute approximate surface area is 193 Å². The van der Waals surface area contributed by atoms with Crippen LogP contribution < -0.4 is 5.32 Å². The lowest BCUT2D eigenvalue weighted by Gasteiger charge is -2.18. The van der Waals surface area contributed by atoms with Crippen LogP contribution in [0, 0.1) is 6.92 Å². The zero-order chi connectivity index (χ0) is 23.3. The number of thiophene rings is 1. The smallest absolute Gasteiger partial charge is 0.341 e. The van der Waals surface area contributed by atoms with E-state index in [1.807, 2.05) is 48.7 Å². The summed E-state index contributed by atoms with van der Waals surface area (Å²) >= 11 is 1.32. The molecule has 0 atom stereocenters. The van der Waals surface area contributed by atoms with E-state index in [1.54, 1.807) is 13.0 Å². The normalized spacial score (nSPS) is 11.5. The Hall–Kier alpha value is -3.18. The summed E-state index contributed by atoms with van der Waals surface area (Å²) in [6.45, 7) is 10.5. The molecule has 166 valence electrons. The molecule has 3 rings (SSSR count). The number of rotatable bonds is 6. The molecule has 0 spiro atoms. The fourth-order valence-corrected chi connectivity index (χ4v) is 4.18. The third-order valence-electron chi connectivity index (χ3n) is 5.07. The highest BCUT2D eigenvalue weighted by Crippen LogP contribution is 2.36. The van der Waals surface area contributed by atoms with Crippen molar-refractivity contribution in [2.45, 2.75) is 40.0 Å². The van der Waals surface area contributed by atoms with Gasteiger partial charge in [-0.15, -0.1) is 11.3 Å². The van der Waals surface area contributed by atoms with Gasteiger partial charge in [0.2, 0.25) is 5.91 Å². The zero-order valence-electron chi connectivity index (χ0n) is 19.2. The summed E-state index contributed by atoms with van der Waals surface area (Å²) in [6.07, 6.45) is 3.24. The minimum Gasteiger partial charge on any atom is -0.462 e. The van der Waals surface area contributed by atoms with Gasteiger partial charge in [0.1, 0.15) is 10.6 Å².